The van der Waals surface area contributed by atoms with Crippen LogP contribution < -0.4 is 9.44 Å². The highest BCUT2D eigenvalue weighted by Crippen LogP contribution is 2.28. The number of thiophene rings is 1. The van der Waals surface area contributed by atoms with E-state index in [1.165, 1.54) is 34.5 Å². The van der Waals surface area contributed by atoms with E-state index in [0.717, 1.165) is 0 Å². The van der Waals surface area contributed by atoms with Crippen LogP contribution in [-0.2, 0) is 33.5 Å². The Balaban J connectivity index is 1.70. The average molecular weight is 475 g/mol. The van der Waals surface area contributed by atoms with Gasteiger partial charge in [0, 0.05) is 30.2 Å². The lowest BCUT2D eigenvalue weighted by Crippen LogP contribution is -2.26. The number of sulfonamides is 2. The number of imidazole rings is 1. The maximum atomic E-state index is 12.8. The van der Waals surface area contributed by atoms with Crippen LogP contribution in [-0.4, -0.2) is 32.9 Å². The molecule has 29 heavy (non-hydrogen) atoms. The SMILES string of the molecule is Cc1c(Cl)cccc1S(=O)(=O)Nc1cscc1CCNS(=O)(=O)c1cn(C)cn1. The molecule has 0 amide bonds. The summed E-state index contributed by atoms with van der Waals surface area (Å²) in [5, 5.41) is 3.74. The molecule has 2 aromatic heterocycles. The maximum Gasteiger partial charge on any atom is 0.262 e. The summed E-state index contributed by atoms with van der Waals surface area (Å²) in [4.78, 5) is 3.93. The lowest BCUT2D eigenvalue weighted by atomic mass is 10.2. The zero-order chi connectivity index (χ0) is 21.2. The molecule has 0 unspecified atom stereocenters. The first-order chi connectivity index (χ1) is 13.6. The van der Waals surface area contributed by atoms with Crippen LogP contribution in [0.3, 0.4) is 0 Å². The molecule has 2 N–H and O–H groups in total. The molecule has 2 heterocycles. The number of hydrogen-bond acceptors (Lipinski definition) is 6. The number of hydrogen-bond donors (Lipinski definition) is 2. The molecule has 12 heteroatoms. The van der Waals surface area contributed by atoms with E-state index in [9.17, 15) is 16.8 Å². The van der Waals surface area contributed by atoms with Gasteiger partial charge in [-0.1, -0.05) is 17.7 Å². The molecule has 3 rings (SSSR count). The summed E-state index contributed by atoms with van der Waals surface area (Å²) in [5.41, 5.74) is 1.55. The highest BCUT2D eigenvalue weighted by atomic mass is 35.5. The van der Waals surface area contributed by atoms with Crippen LogP contribution in [0.4, 0.5) is 5.69 Å². The van der Waals surface area contributed by atoms with E-state index >= 15 is 0 Å². The number of nitrogens with one attached hydrogen (secondary N) is 2. The van der Waals surface area contributed by atoms with Crippen molar-refractivity contribution in [3.63, 3.8) is 0 Å². The van der Waals surface area contributed by atoms with Gasteiger partial charge in [-0.15, -0.1) is 11.3 Å². The van der Waals surface area contributed by atoms with Gasteiger partial charge in [-0.3, -0.25) is 4.72 Å². The number of anilines is 1. The van der Waals surface area contributed by atoms with Crippen LogP contribution in [0.1, 0.15) is 11.1 Å². The van der Waals surface area contributed by atoms with Crippen LogP contribution >= 0.6 is 22.9 Å². The molecule has 1 aromatic carbocycles. The molecule has 0 saturated heterocycles. The molecular weight excluding hydrogens is 456 g/mol. The Hall–Kier alpha value is -1.92. The topological polar surface area (TPSA) is 110 Å². The lowest BCUT2D eigenvalue weighted by Gasteiger charge is -2.12. The quantitative estimate of drug-likeness (QED) is 0.521. The molecular formula is C17H19ClN4O4S3. The van der Waals surface area contributed by atoms with Gasteiger partial charge in [0.15, 0.2) is 5.03 Å². The lowest BCUT2D eigenvalue weighted by molar-refractivity contribution is 0.578. The maximum absolute atomic E-state index is 12.8. The summed E-state index contributed by atoms with van der Waals surface area (Å²) in [6, 6.07) is 4.68. The van der Waals surface area contributed by atoms with E-state index in [2.05, 4.69) is 14.4 Å². The van der Waals surface area contributed by atoms with Gasteiger partial charge in [0.1, 0.15) is 0 Å². The third-order valence-corrected chi connectivity index (χ3v) is 8.19. The van der Waals surface area contributed by atoms with Crippen LogP contribution in [0.15, 0.2) is 51.4 Å². The van der Waals surface area contributed by atoms with Gasteiger partial charge in [0.2, 0.25) is 0 Å². The highest BCUT2D eigenvalue weighted by molar-refractivity contribution is 7.92. The Morgan fingerprint density at radius 2 is 1.93 bits per heavy atom. The van der Waals surface area contributed by atoms with Crippen molar-refractivity contribution in [3.8, 4) is 0 Å². The number of rotatable bonds is 8. The normalized spacial score (nSPS) is 12.2. The number of halogens is 1. The summed E-state index contributed by atoms with van der Waals surface area (Å²) >= 11 is 7.36. The fourth-order valence-electron chi connectivity index (χ4n) is 2.61. The van der Waals surface area contributed by atoms with Gasteiger partial charge in [-0.05, 0) is 42.0 Å². The number of benzene rings is 1. The molecule has 0 bridgehead atoms. The van der Waals surface area contributed by atoms with Crippen molar-refractivity contribution in [2.24, 2.45) is 7.05 Å². The summed E-state index contributed by atoms with van der Waals surface area (Å²) in [5.74, 6) is 0. The first kappa shape index (κ1) is 21.8. The van der Waals surface area contributed by atoms with Gasteiger partial charge in [0.05, 0.1) is 16.9 Å². The molecule has 0 atom stereocenters. The Kier molecular flexibility index (Phi) is 6.34. The van der Waals surface area contributed by atoms with Crippen molar-refractivity contribution < 1.29 is 16.8 Å². The standard InChI is InChI=1S/C17H19ClN4O4S3/c1-12-14(18)4-3-5-16(12)28(23,24)21-15-10-27-9-13(15)6-7-20-29(25,26)17-8-22(2)11-19-17/h3-5,8-11,20-21H,6-7H2,1-2H3. The van der Waals surface area contributed by atoms with Crippen molar-refractivity contribution in [2.75, 3.05) is 11.3 Å². The fraction of sp³-hybridized carbons (Fsp3) is 0.235. The van der Waals surface area contributed by atoms with Crippen molar-refractivity contribution in [1.82, 2.24) is 14.3 Å². The molecule has 0 aliphatic heterocycles. The Morgan fingerprint density at radius 1 is 1.17 bits per heavy atom. The predicted octanol–water partition coefficient (Wildman–Crippen LogP) is 2.77. The average Bonchev–Trinajstić information content (AvgIpc) is 3.26. The van der Waals surface area contributed by atoms with E-state index in [1.54, 1.807) is 36.9 Å². The van der Waals surface area contributed by atoms with E-state index in [0.29, 0.717) is 28.3 Å². The van der Waals surface area contributed by atoms with Crippen molar-refractivity contribution in [3.05, 3.63) is 57.6 Å². The Morgan fingerprint density at radius 3 is 2.62 bits per heavy atom. The molecule has 0 aliphatic carbocycles. The van der Waals surface area contributed by atoms with Crippen LogP contribution in [0, 0.1) is 6.92 Å². The van der Waals surface area contributed by atoms with Gasteiger partial charge in [-0.25, -0.2) is 26.5 Å². The zero-order valence-corrected chi connectivity index (χ0v) is 18.8. The Bertz CT molecular complexity index is 1230. The van der Waals surface area contributed by atoms with E-state index in [1.807, 2.05) is 0 Å². The minimum Gasteiger partial charge on any atom is -0.339 e. The highest BCUT2D eigenvalue weighted by Gasteiger charge is 2.21. The minimum absolute atomic E-state index is 0.0670. The smallest absolute Gasteiger partial charge is 0.262 e. The monoisotopic (exact) mass is 474 g/mol. The van der Waals surface area contributed by atoms with E-state index < -0.39 is 20.0 Å². The van der Waals surface area contributed by atoms with Gasteiger partial charge >= 0.3 is 0 Å². The van der Waals surface area contributed by atoms with E-state index in [4.69, 9.17) is 11.6 Å². The van der Waals surface area contributed by atoms with Crippen LogP contribution in [0.2, 0.25) is 5.02 Å². The largest absolute Gasteiger partial charge is 0.339 e. The van der Waals surface area contributed by atoms with Crippen LogP contribution in [0.25, 0.3) is 0 Å². The fourth-order valence-corrected chi connectivity index (χ4v) is 6.11. The van der Waals surface area contributed by atoms with Gasteiger partial charge in [-0.2, -0.15) is 0 Å². The molecule has 156 valence electrons. The number of aryl methyl sites for hydroxylation is 1. The second-order valence-corrected chi connectivity index (χ2v) is 10.8. The summed E-state index contributed by atoms with van der Waals surface area (Å²) in [6.45, 7) is 1.73. The third kappa shape index (κ3) is 4.98. The third-order valence-electron chi connectivity index (χ3n) is 4.14. The molecule has 3 aromatic rings. The Labute approximate surface area is 178 Å². The second kappa shape index (κ2) is 8.44. The first-order valence-corrected chi connectivity index (χ1v) is 12.7. The van der Waals surface area contributed by atoms with Gasteiger partial charge < -0.3 is 4.57 Å². The number of nitrogens with zero attached hydrogens (tertiary/aromatic N) is 2. The van der Waals surface area contributed by atoms with Crippen molar-refractivity contribution >= 4 is 48.7 Å². The van der Waals surface area contributed by atoms with Crippen molar-refractivity contribution in [1.29, 1.82) is 0 Å². The molecule has 0 saturated carbocycles. The van der Waals surface area contributed by atoms with E-state index in [-0.39, 0.29) is 16.5 Å². The zero-order valence-electron chi connectivity index (χ0n) is 15.6. The van der Waals surface area contributed by atoms with Crippen molar-refractivity contribution in [2.45, 2.75) is 23.3 Å². The first-order valence-electron chi connectivity index (χ1n) is 8.41. The van der Waals surface area contributed by atoms with Gasteiger partial charge in [0.25, 0.3) is 20.0 Å². The molecule has 8 nitrogen and oxygen atoms in total. The summed E-state index contributed by atoms with van der Waals surface area (Å²) < 4.78 is 56.6. The molecule has 0 radical (unpaired) electrons. The summed E-state index contributed by atoms with van der Waals surface area (Å²) in [6.07, 6.45) is 3.11. The minimum atomic E-state index is -3.83. The van der Waals surface area contributed by atoms with Crippen LogP contribution in [0.5, 0.6) is 0 Å². The molecule has 0 spiro atoms. The predicted molar refractivity (Wildman–Crippen MR) is 113 cm³/mol. The number of aromatic nitrogens is 2. The molecule has 0 fully saturated rings. The summed E-state index contributed by atoms with van der Waals surface area (Å²) in [7, 11) is -5.88. The second-order valence-electron chi connectivity index (χ2n) is 6.30. The molecule has 0 aliphatic rings.